The predicted octanol–water partition coefficient (Wildman–Crippen LogP) is 2.83. The fourth-order valence-electron chi connectivity index (χ4n) is 1.70. The van der Waals surface area contributed by atoms with Crippen LogP contribution >= 0.6 is 11.3 Å². The lowest BCUT2D eigenvalue weighted by Crippen LogP contribution is -2.18. The molecule has 0 aromatic carbocycles. The van der Waals surface area contributed by atoms with Crippen molar-refractivity contribution in [1.82, 2.24) is 4.98 Å². The summed E-state index contributed by atoms with van der Waals surface area (Å²) in [7, 11) is 0. The summed E-state index contributed by atoms with van der Waals surface area (Å²) in [5, 5.41) is 12.8. The van der Waals surface area contributed by atoms with Crippen LogP contribution in [0.3, 0.4) is 0 Å². The Kier molecular flexibility index (Phi) is 3.43. The zero-order chi connectivity index (χ0) is 11.5. The van der Waals surface area contributed by atoms with Crippen LogP contribution in [-0.2, 0) is 0 Å². The zero-order valence-corrected chi connectivity index (χ0v) is 10.1. The van der Waals surface area contributed by atoms with Crippen molar-refractivity contribution in [3.63, 3.8) is 0 Å². The quantitative estimate of drug-likeness (QED) is 0.802. The maximum Gasteiger partial charge on any atom is 0.347 e. The van der Waals surface area contributed by atoms with E-state index in [1.54, 1.807) is 0 Å². The number of rotatable bonds is 6. The van der Waals surface area contributed by atoms with Crippen molar-refractivity contribution >= 4 is 22.4 Å². The van der Waals surface area contributed by atoms with Gasteiger partial charge in [0.15, 0.2) is 5.13 Å². The van der Waals surface area contributed by atoms with Gasteiger partial charge in [-0.2, -0.15) is 0 Å². The molecule has 0 spiro atoms. The van der Waals surface area contributed by atoms with Crippen molar-refractivity contribution in [2.45, 2.75) is 38.6 Å². The molecule has 0 radical (unpaired) electrons. The minimum atomic E-state index is -0.902. The Bertz CT molecular complexity index is 374. The van der Waals surface area contributed by atoms with E-state index in [4.69, 9.17) is 5.11 Å². The molecule has 1 aromatic heterocycles. The minimum Gasteiger partial charge on any atom is -0.477 e. The highest BCUT2D eigenvalue weighted by atomic mass is 32.1. The standard InChI is InChI=1S/C11H16N2O2S/c1-2-8(5-7-3-4-7)13-11-12-6-9(16-11)10(14)15/h6-8H,2-5H2,1H3,(H,12,13)(H,14,15). The van der Waals surface area contributed by atoms with Crippen LogP contribution in [0.25, 0.3) is 0 Å². The number of anilines is 1. The summed E-state index contributed by atoms with van der Waals surface area (Å²) in [6, 6.07) is 0.431. The Labute approximate surface area is 98.7 Å². The van der Waals surface area contributed by atoms with Crippen molar-refractivity contribution in [3.8, 4) is 0 Å². The first-order chi connectivity index (χ1) is 7.69. The number of carbonyl (C=O) groups is 1. The Morgan fingerprint density at radius 2 is 2.50 bits per heavy atom. The molecule has 1 heterocycles. The molecule has 0 aliphatic heterocycles. The predicted molar refractivity (Wildman–Crippen MR) is 64.1 cm³/mol. The van der Waals surface area contributed by atoms with Gasteiger partial charge in [0.25, 0.3) is 0 Å². The fraction of sp³-hybridized carbons (Fsp3) is 0.636. The van der Waals surface area contributed by atoms with E-state index in [2.05, 4.69) is 17.2 Å². The molecule has 1 unspecified atom stereocenters. The maximum absolute atomic E-state index is 10.7. The first-order valence-corrected chi connectivity index (χ1v) is 6.46. The van der Waals surface area contributed by atoms with Crippen LogP contribution in [0.15, 0.2) is 6.20 Å². The van der Waals surface area contributed by atoms with Gasteiger partial charge in [-0.1, -0.05) is 31.1 Å². The summed E-state index contributed by atoms with van der Waals surface area (Å²) in [6.45, 7) is 2.14. The third-order valence-electron chi connectivity index (χ3n) is 2.85. The lowest BCUT2D eigenvalue weighted by molar-refractivity contribution is 0.0702. The van der Waals surface area contributed by atoms with E-state index in [-0.39, 0.29) is 0 Å². The van der Waals surface area contributed by atoms with Crippen LogP contribution in [0, 0.1) is 5.92 Å². The van der Waals surface area contributed by atoms with Crippen molar-refractivity contribution in [1.29, 1.82) is 0 Å². The third-order valence-corrected chi connectivity index (χ3v) is 3.77. The second kappa shape index (κ2) is 4.82. The Hall–Kier alpha value is -1.10. The molecule has 2 rings (SSSR count). The van der Waals surface area contributed by atoms with E-state index >= 15 is 0 Å². The first-order valence-electron chi connectivity index (χ1n) is 5.64. The molecule has 1 aromatic rings. The summed E-state index contributed by atoms with van der Waals surface area (Å²) >= 11 is 1.21. The molecule has 1 saturated carbocycles. The average molecular weight is 240 g/mol. The average Bonchev–Trinajstić information content (AvgIpc) is 2.93. The molecule has 2 N–H and O–H groups in total. The lowest BCUT2D eigenvalue weighted by atomic mass is 10.1. The molecular formula is C11H16N2O2S. The van der Waals surface area contributed by atoms with Gasteiger partial charge < -0.3 is 10.4 Å². The number of carboxylic acids is 1. The van der Waals surface area contributed by atoms with Crippen molar-refractivity contribution in [2.75, 3.05) is 5.32 Å². The summed E-state index contributed by atoms with van der Waals surface area (Å²) in [5.74, 6) is -0.0304. The van der Waals surface area contributed by atoms with Crippen LogP contribution in [0.5, 0.6) is 0 Å². The Morgan fingerprint density at radius 3 is 3.00 bits per heavy atom. The number of aromatic carboxylic acids is 1. The van der Waals surface area contributed by atoms with Gasteiger partial charge in [-0.25, -0.2) is 9.78 Å². The SMILES string of the molecule is CCC(CC1CC1)Nc1ncc(C(=O)O)s1. The second-order valence-electron chi connectivity index (χ2n) is 4.26. The number of nitrogens with zero attached hydrogens (tertiary/aromatic N) is 1. The summed E-state index contributed by atoms with van der Waals surface area (Å²) in [5.41, 5.74) is 0. The van der Waals surface area contributed by atoms with E-state index < -0.39 is 5.97 Å². The Balaban J connectivity index is 1.92. The third kappa shape index (κ3) is 2.95. The molecule has 1 aliphatic carbocycles. The molecule has 0 amide bonds. The van der Waals surface area contributed by atoms with Gasteiger partial charge in [0.2, 0.25) is 0 Å². The maximum atomic E-state index is 10.7. The zero-order valence-electron chi connectivity index (χ0n) is 9.27. The lowest BCUT2D eigenvalue weighted by Gasteiger charge is -2.15. The highest BCUT2D eigenvalue weighted by Gasteiger charge is 2.25. The van der Waals surface area contributed by atoms with Crippen molar-refractivity contribution in [3.05, 3.63) is 11.1 Å². The van der Waals surface area contributed by atoms with Gasteiger partial charge in [0.05, 0.1) is 6.20 Å². The van der Waals surface area contributed by atoms with Gasteiger partial charge >= 0.3 is 5.97 Å². The fourth-order valence-corrected chi connectivity index (χ4v) is 2.43. The van der Waals surface area contributed by atoms with Crippen molar-refractivity contribution < 1.29 is 9.90 Å². The van der Waals surface area contributed by atoms with E-state index in [0.29, 0.717) is 10.9 Å². The monoisotopic (exact) mass is 240 g/mol. The van der Waals surface area contributed by atoms with Crippen LogP contribution in [-0.4, -0.2) is 22.1 Å². The summed E-state index contributed by atoms with van der Waals surface area (Å²) < 4.78 is 0. The summed E-state index contributed by atoms with van der Waals surface area (Å²) in [6.07, 6.45) is 6.34. The van der Waals surface area contributed by atoms with Gasteiger partial charge in [0.1, 0.15) is 4.88 Å². The van der Waals surface area contributed by atoms with Gasteiger partial charge in [-0.05, 0) is 18.8 Å². The number of thiazole rings is 1. The summed E-state index contributed by atoms with van der Waals surface area (Å²) in [4.78, 5) is 15.1. The van der Waals surface area contributed by atoms with E-state index in [1.807, 2.05) is 0 Å². The second-order valence-corrected chi connectivity index (χ2v) is 5.29. The van der Waals surface area contributed by atoms with Crippen LogP contribution in [0.2, 0.25) is 0 Å². The smallest absolute Gasteiger partial charge is 0.347 e. The molecule has 5 heteroatoms. The molecular weight excluding hydrogens is 224 g/mol. The first kappa shape index (κ1) is 11.4. The number of hydrogen-bond acceptors (Lipinski definition) is 4. The molecule has 0 saturated heterocycles. The molecule has 1 aliphatic rings. The van der Waals surface area contributed by atoms with Gasteiger partial charge in [-0.3, -0.25) is 0 Å². The number of carboxylic acid groups (broad SMARTS) is 1. The number of nitrogens with one attached hydrogen (secondary N) is 1. The highest BCUT2D eigenvalue weighted by molar-refractivity contribution is 7.17. The van der Waals surface area contributed by atoms with Gasteiger partial charge in [-0.15, -0.1) is 0 Å². The van der Waals surface area contributed by atoms with Crippen LogP contribution in [0.4, 0.5) is 5.13 Å². The van der Waals surface area contributed by atoms with E-state index in [9.17, 15) is 4.79 Å². The molecule has 0 bridgehead atoms. The van der Waals surface area contributed by atoms with Gasteiger partial charge in [0, 0.05) is 6.04 Å². The molecule has 1 atom stereocenters. The number of aromatic nitrogens is 1. The van der Waals surface area contributed by atoms with Crippen LogP contribution in [0.1, 0.15) is 42.3 Å². The number of hydrogen-bond donors (Lipinski definition) is 2. The molecule has 1 fully saturated rings. The van der Waals surface area contributed by atoms with Crippen molar-refractivity contribution in [2.24, 2.45) is 5.92 Å². The van der Waals surface area contributed by atoms with Crippen LogP contribution < -0.4 is 5.32 Å². The Morgan fingerprint density at radius 1 is 1.75 bits per heavy atom. The largest absolute Gasteiger partial charge is 0.477 e. The highest BCUT2D eigenvalue weighted by Crippen LogP contribution is 2.35. The topological polar surface area (TPSA) is 62.2 Å². The van der Waals surface area contributed by atoms with E-state index in [1.165, 1.54) is 36.8 Å². The molecule has 16 heavy (non-hydrogen) atoms. The molecule has 88 valence electrons. The minimum absolute atomic E-state index is 0.295. The normalized spacial score (nSPS) is 17.1. The molecule has 4 nitrogen and oxygen atoms in total. The van der Waals surface area contributed by atoms with E-state index in [0.717, 1.165) is 17.5 Å².